The minimum Gasteiger partial charge on any atom is -0.482 e. The first-order valence-electron chi connectivity index (χ1n) is 9.27. The van der Waals surface area contributed by atoms with Crippen molar-refractivity contribution in [3.8, 4) is 5.75 Å². The Morgan fingerprint density at radius 1 is 1.18 bits per heavy atom. The molecule has 0 aliphatic heterocycles. The summed E-state index contributed by atoms with van der Waals surface area (Å²) in [5.74, 6) is -1.09. The zero-order valence-corrected chi connectivity index (χ0v) is 19.4. The van der Waals surface area contributed by atoms with Gasteiger partial charge in [-0.05, 0) is 48.0 Å². The smallest absolute Gasteiger partial charge is 0.416 e. The van der Waals surface area contributed by atoms with Crippen LogP contribution in [0.3, 0.4) is 0 Å². The number of nitrogens with zero attached hydrogens (tertiary/aromatic N) is 2. The van der Waals surface area contributed by atoms with Crippen molar-refractivity contribution in [1.82, 2.24) is 5.43 Å². The minimum atomic E-state index is -4.74. The zero-order chi connectivity index (χ0) is 25.5. The van der Waals surface area contributed by atoms with E-state index in [1.165, 1.54) is 25.5 Å². The lowest BCUT2D eigenvalue weighted by Gasteiger charge is -2.23. The third kappa shape index (κ3) is 7.92. The quantitative estimate of drug-likeness (QED) is 0.308. The monoisotopic (exact) mass is 521 g/mol. The molecule has 1 amide bonds. The third-order valence-electron chi connectivity index (χ3n) is 4.10. The SMILES string of the molecule is COC(=O)COc1ccc(/C=N/NC(=O)CN(c2cc(C(F)(F)F)ccc2Cl)S(C)(=O)=O)cc1. The first kappa shape index (κ1) is 26.9. The van der Waals surface area contributed by atoms with Crippen molar-refractivity contribution in [2.45, 2.75) is 6.18 Å². The van der Waals surface area contributed by atoms with Crippen molar-refractivity contribution in [3.63, 3.8) is 0 Å². The van der Waals surface area contributed by atoms with Crippen LogP contribution < -0.4 is 14.5 Å². The number of benzene rings is 2. The van der Waals surface area contributed by atoms with E-state index >= 15 is 0 Å². The lowest BCUT2D eigenvalue weighted by Crippen LogP contribution is -2.39. The molecule has 0 atom stereocenters. The van der Waals surface area contributed by atoms with Crippen LogP contribution in [0, 0.1) is 0 Å². The number of carbonyl (C=O) groups is 2. The van der Waals surface area contributed by atoms with Crippen molar-refractivity contribution in [2.75, 3.05) is 30.8 Å². The highest BCUT2D eigenvalue weighted by molar-refractivity contribution is 7.92. The average molecular weight is 522 g/mol. The zero-order valence-electron chi connectivity index (χ0n) is 17.8. The maximum absolute atomic E-state index is 13.0. The van der Waals surface area contributed by atoms with Crippen LogP contribution in [-0.2, 0) is 30.5 Å². The summed E-state index contributed by atoms with van der Waals surface area (Å²) in [6, 6.07) is 8.33. The van der Waals surface area contributed by atoms with Gasteiger partial charge in [0.15, 0.2) is 6.61 Å². The second-order valence-electron chi connectivity index (χ2n) is 6.66. The number of amides is 1. The summed E-state index contributed by atoms with van der Waals surface area (Å²) in [5.41, 5.74) is 0.991. The molecule has 0 aliphatic carbocycles. The Bertz CT molecular complexity index is 1170. The molecule has 2 rings (SSSR count). The summed E-state index contributed by atoms with van der Waals surface area (Å²) in [5, 5.41) is 3.41. The number of esters is 1. The fourth-order valence-electron chi connectivity index (χ4n) is 2.46. The van der Waals surface area contributed by atoms with Gasteiger partial charge in [-0.25, -0.2) is 18.6 Å². The molecule has 14 heteroatoms. The number of halogens is 4. The van der Waals surface area contributed by atoms with E-state index in [0.717, 1.165) is 12.3 Å². The fraction of sp³-hybridized carbons (Fsp3) is 0.250. The lowest BCUT2D eigenvalue weighted by atomic mass is 10.2. The number of carbonyl (C=O) groups excluding carboxylic acids is 2. The van der Waals surface area contributed by atoms with Crippen molar-refractivity contribution in [3.05, 3.63) is 58.6 Å². The second-order valence-corrected chi connectivity index (χ2v) is 8.97. The normalized spacial score (nSPS) is 11.8. The van der Waals surface area contributed by atoms with Crippen LogP contribution in [0.5, 0.6) is 5.75 Å². The molecular weight excluding hydrogens is 503 g/mol. The maximum atomic E-state index is 13.0. The average Bonchev–Trinajstić information content (AvgIpc) is 2.75. The van der Waals surface area contributed by atoms with Gasteiger partial charge in [-0.2, -0.15) is 18.3 Å². The van der Waals surface area contributed by atoms with Crippen molar-refractivity contribution in [1.29, 1.82) is 0 Å². The first-order valence-corrected chi connectivity index (χ1v) is 11.5. The van der Waals surface area contributed by atoms with Crippen LogP contribution in [0.4, 0.5) is 18.9 Å². The van der Waals surface area contributed by atoms with Crippen molar-refractivity contribution in [2.24, 2.45) is 5.10 Å². The Kier molecular flexibility index (Phi) is 8.87. The number of hydrogen-bond acceptors (Lipinski definition) is 7. The molecule has 0 aliphatic rings. The Hall–Kier alpha value is -3.32. The summed E-state index contributed by atoms with van der Waals surface area (Å²) < 4.78 is 73.5. The molecule has 0 bridgehead atoms. The molecule has 0 fully saturated rings. The molecule has 0 aromatic heterocycles. The molecule has 9 nitrogen and oxygen atoms in total. The third-order valence-corrected chi connectivity index (χ3v) is 5.54. The minimum absolute atomic E-state index is 0.271. The van der Waals surface area contributed by atoms with Gasteiger partial charge in [0, 0.05) is 0 Å². The molecule has 0 unspecified atom stereocenters. The standard InChI is InChI=1S/C20H19ClF3N3O6S/c1-32-19(29)12-33-15-6-3-13(4-7-15)10-25-26-18(28)11-27(34(2,30)31)17-9-14(20(22,23)24)5-8-16(17)21/h3-10H,11-12H2,1-2H3,(H,26,28)/b25-10+. The van der Waals surface area contributed by atoms with Crippen LogP contribution in [0.1, 0.15) is 11.1 Å². The Morgan fingerprint density at radius 3 is 2.38 bits per heavy atom. The highest BCUT2D eigenvalue weighted by atomic mass is 35.5. The number of rotatable bonds is 9. The molecule has 0 spiro atoms. The van der Waals surface area contributed by atoms with E-state index in [2.05, 4.69) is 15.3 Å². The number of hydrazone groups is 1. The van der Waals surface area contributed by atoms with Gasteiger partial charge in [0.2, 0.25) is 10.0 Å². The highest BCUT2D eigenvalue weighted by Gasteiger charge is 2.33. The molecule has 2 aromatic carbocycles. The second kappa shape index (κ2) is 11.2. The Labute approximate surface area is 198 Å². The molecule has 0 heterocycles. The predicted octanol–water partition coefficient (Wildman–Crippen LogP) is 2.83. The van der Waals surface area contributed by atoms with E-state index < -0.39 is 45.9 Å². The van der Waals surface area contributed by atoms with Crippen LogP contribution in [-0.4, -0.2) is 53.0 Å². The summed E-state index contributed by atoms with van der Waals surface area (Å²) >= 11 is 5.91. The fourth-order valence-corrected chi connectivity index (χ4v) is 3.59. The molecule has 34 heavy (non-hydrogen) atoms. The van der Waals surface area contributed by atoms with Crippen molar-refractivity contribution >= 4 is 45.4 Å². The van der Waals surface area contributed by atoms with Gasteiger partial charge < -0.3 is 9.47 Å². The van der Waals surface area contributed by atoms with Gasteiger partial charge >= 0.3 is 12.1 Å². The molecule has 2 aromatic rings. The van der Waals surface area contributed by atoms with Gasteiger partial charge in [0.25, 0.3) is 5.91 Å². The van der Waals surface area contributed by atoms with Crippen LogP contribution >= 0.6 is 11.6 Å². The Morgan fingerprint density at radius 2 is 1.82 bits per heavy atom. The number of methoxy groups -OCH3 is 1. The predicted molar refractivity (Wildman–Crippen MR) is 118 cm³/mol. The number of alkyl halides is 3. The molecular formula is C20H19ClF3N3O6S. The van der Waals surface area contributed by atoms with Crippen LogP contribution in [0.25, 0.3) is 0 Å². The summed E-state index contributed by atoms with van der Waals surface area (Å²) in [6.45, 7) is -1.13. The van der Waals surface area contributed by atoms with Crippen LogP contribution in [0.15, 0.2) is 47.6 Å². The van der Waals surface area contributed by atoms with E-state index in [4.69, 9.17) is 16.3 Å². The lowest BCUT2D eigenvalue weighted by molar-refractivity contribution is -0.143. The number of ether oxygens (including phenoxy) is 2. The topological polar surface area (TPSA) is 114 Å². The number of anilines is 1. The van der Waals surface area contributed by atoms with Crippen LogP contribution in [0.2, 0.25) is 5.02 Å². The van der Waals surface area contributed by atoms with Gasteiger partial charge in [-0.3, -0.25) is 9.10 Å². The summed E-state index contributed by atoms with van der Waals surface area (Å²) in [6.07, 6.45) is -2.77. The number of sulfonamides is 1. The van der Waals surface area contributed by atoms with Gasteiger partial charge in [-0.1, -0.05) is 11.6 Å². The molecule has 0 saturated heterocycles. The maximum Gasteiger partial charge on any atom is 0.416 e. The molecule has 1 N–H and O–H groups in total. The van der Waals surface area contributed by atoms with Gasteiger partial charge in [-0.15, -0.1) is 0 Å². The largest absolute Gasteiger partial charge is 0.482 e. The van der Waals surface area contributed by atoms with E-state index in [0.29, 0.717) is 27.8 Å². The molecule has 0 radical (unpaired) electrons. The van der Waals surface area contributed by atoms with E-state index in [1.807, 2.05) is 0 Å². The highest BCUT2D eigenvalue weighted by Crippen LogP contribution is 2.36. The summed E-state index contributed by atoms with van der Waals surface area (Å²) in [4.78, 5) is 23.3. The van der Waals surface area contributed by atoms with Gasteiger partial charge in [0.1, 0.15) is 12.3 Å². The number of hydrogen-bond donors (Lipinski definition) is 1. The van der Waals surface area contributed by atoms with Gasteiger partial charge in [0.05, 0.1) is 35.9 Å². The van der Waals surface area contributed by atoms with E-state index in [1.54, 1.807) is 12.1 Å². The van der Waals surface area contributed by atoms with E-state index in [-0.39, 0.29) is 11.6 Å². The summed E-state index contributed by atoms with van der Waals surface area (Å²) in [7, 11) is -2.95. The Balaban J connectivity index is 2.08. The molecule has 184 valence electrons. The van der Waals surface area contributed by atoms with Crippen molar-refractivity contribution < 1.29 is 40.7 Å². The first-order chi connectivity index (χ1) is 15.8. The number of nitrogens with one attached hydrogen (secondary N) is 1. The molecule has 0 saturated carbocycles. The van der Waals surface area contributed by atoms with E-state index in [9.17, 15) is 31.2 Å².